The minimum absolute atomic E-state index is 0.0237. The molecule has 2 nitrogen and oxygen atoms in total. The third-order valence-corrected chi connectivity index (χ3v) is 3.28. The van der Waals surface area contributed by atoms with Crippen LogP contribution in [0.3, 0.4) is 0 Å². The summed E-state index contributed by atoms with van der Waals surface area (Å²) < 4.78 is 0. The topological polar surface area (TPSA) is 29.1 Å². The molecule has 0 spiro atoms. The minimum Gasteiger partial charge on any atom is -0.351 e. The normalized spacial score (nSPS) is 11.4. The van der Waals surface area contributed by atoms with E-state index in [4.69, 9.17) is 11.6 Å². The number of rotatable bonds is 4. The van der Waals surface area contributed by atoms with Crippen LogP contribution in [0.25, 0.3) is 0 Å². The maximum Gasteiger partial charge on any atom is 0.252 e. The van der Waals surface area contributed by atoms with Gasteiger partial charge in [-0.25, -0.2) is 0 Å². The summed E-state index contributed by atoms with van der Waals surface area (Å²) in [6.45, 7) is 4.65. The van der Waals surface area contributed by atoms with Crippen molar-refractivity contribution in [2.75, 3.05) is 12.4 Å². The van der Waals surface area contributed by atoms with Gasteiger partial charge in [0.1, 0.15) is 0 Å². The molecular formula is C10H14ClNOS. The van der Waals surface area contributed by atoms with Gasteiger partial charge in [0, 0.05) is 23.4 Å². The lowest BCUT2D eigenvalue weighted by Crippen LogP contribution is -2.34. The van der Waals surface area contributed by atoms with Crippen LogP contribution in [0.4, 0.5) is 0 Å². The van der Waals surface area contributed by atoms with E-state index in [1.807, 2.05) is 30.7 Å². The van der Waals surface area contributed by atoms with Crippen molar-refractivity contribution in [1.82, 2.24) is 5.32 Å². The van der Waals surface area contributed by atoms with Crippen molar-refractivity contribution in [3.8, 4) is 0 Å². The lowest BCUT2D eigenvalue weighted by atomic mass is 9.96. The van der Waals surface area contributed by atoms with Crippen LogP contribution in [-0.4, -0.2) is 18.3 Å². The van der Waals surface area contributed by atoms with Gasteiger partial charge in [-0.2, -0.15) is 11.3 Å². The van der Waals surface area contributed by atoms with Crippen molar-refractivity contribution >= 4 is 28.8 Å². The predicted molar refractivity (Wildman–Crippen MR) is 61.2 cm³/mol. The van der Waals surface area contributed by atoms with Crippen molar-refractivity contribution in [3.63, 3.8) is 0 Å². The summed E-state index contributed by atoms with van der Waals surface area (Å²) in [6.07, 6.45) is 0. The van der Waals surface area contributed by atoms with E-state index in [9.17, 15) is 4.79 Å². The number of alkyl halides is 1. The summed E-state index contributed by atoms with van der Waals surface area (Å²) >= 11 is 7.27. The highest BCUT2D eigenvalue weighted by Gasteiger charge is 2.17. The fraction of sp³-hybridized carbons (Fsp3) is 0.500. The van der Waals surface area contributed by atoms with Crippen LogP contribution in [0.2, 0.25) is 0 Å². The molecule has 1 aromatic heterocycles. The van der Waals surface area contributed by atoms with Gasteiger partial charge >= 0.3 is 0 Å². The highest BCUT2D eigenvalue weighted by Crippen LogP contribution is 2.15. The Morgan fingerprint density at radius 2 is 2.36 bits per heavy atom. The molecule has 0 aliphatic carbocycles. The fourth-order valence-electron chi connectivity index (χ4n) is 0.863. The molecule has 0 aliphatic rings. The third-order valence-electron chi connectivity index (χ3n) is 1.87. The zero-order chi connectivity index (χ0) is 10.6. The van der Waals surface area contributed by atoms with Crippen molar-refractivity contribution < 1.29 is 4.79 Å². The van der Waals surface area contributed by atoms with E-state index >= 15 is 0 Å². The highest BCUT2D eigenvalue weighted by atomic mass is 35.5. The van der Waals surface area contributed by atoms with E-state index < -0.39 is 0 Å². The van der Waals surface area contributed by atoms with Gasteiger partial charge in [0.05, 0.1) is 0 Å². The molecular weight excluding hydrogens is 218 g/mol. The summed E-state index contributed by atoms with van der Waals surface area (Å²) in [6, 6.07) is 1.81. The zero-order valence-corrected chi connectivity index (χ0v) is 9.91. The molecule has 0 saturated heterocycles. The second-order valence-electron chi connectivity index (χ2n) is 3.99. The third kappa shape index (κ3) is 3.31. The molecule has 1 rings (SSSR count). The Bertz CT molecular complexity index is 295. The maximum atomic E-state index is 11.5. The smallest absolute Gasteiger partial charge is 0.252 e. The first kappa shape index (κ1) is 11.5. The average Bonchev–Trinajstić information content (AvgIpc) is 2.67. The second kappa shape index (κ2) is 4.80. The van der Waals surface area contributed by atoms with Crippen molar-refractivity contribution in [2.45, 2.75) is 13.8 Å². The number of halogens is 1. The summed E-state index contributed by atoms with van der Waals surface area (Å²) in [5.74, 6) is 0.515. The number of nitrogens with one attached hydrogen (secondary N) is 1. The van der Waals surface area contributed by atoms with E-state index in [-0.39, 0.29) is 11.3 Å². The molecule has 0 saturated carbocycles. The summed E-state index contributed by atoms with van der Waals surface area (Å²) in [5.41, 5.74) is 0.674. The van der Waals surface area contributed by atoms with Crippen LogP contribution in [0, 0.1) is 5.41 Å². The Hall–Kier alpha value is -0.540. The first-order valence-electron chi connectivity index (χ1n) is 4.41. The lowest BCUT2D eigenvalue weighted by molar-refractivity contribution is 0.0940. The van der Waals surface area contributed by atoms with E-state index in [2.05, 4.69) is 5.32 Å². The summed E-state index contributed by atoms with van der Waals surface area (Å²) in [4.78, 5) is 11.5. The molecule has 0 bridgehead atoms. The monoisotopic (exact) mass is 231 g/mol. The Kier molecular flexibility index (Phi) is 3.96. The van der Waals surface area contributed by atoms with Crippen LogP contribution in [0.5, 0.6) is 0 Å². The molecule has 0 radical (unpaired) electrons. The SMILES string of the molecule is CC(C)(CCl)CNC(=O)c1ccsc1. The van der Waals surface area contributed by atoms with Gasteiger partial charge < -0.3 is 5.32 Å². The fourth-order valence-corrected chi connectivity index (χ4v) is 1.59. The molecule has 78 valence electrons. The molecule has 14 heavy (non-hydrogen) atoms. The van der Waals surface area contributed by atoms with Crippen LogP contribution in [0.15, 0.2) is 16.8 Å². The van der Waals surface area contributed by atoms with Gasteiger partial charge in [-0.1, -0.05) is 13.8 Å². The quantitative estimate of drug-likeness (QED) is 0.794. The molecule has 0 fully saturated rings. The van der Waals surface area contributed by atoms with Crippen LogP contribution in [-0.2, 0) is 0 Å². The standard InChI is InChI=1S/C10H14ClNOS/c1-10(2,6-11)7-12-9(13)8-3-4-14-5-8/h3-5H,6-7H2,1-2H3,(H,12,13). The first-order chi connectivity index (χ1) is 6.55. The highest BCUT2D eigenvalue weighted by molar-refractivity contribution is 7.08. The number of hydrogen-bond acceptors (Lipinski definition) is 2. The van der Waals surface area contributed by atoms with E-state index in [1.165, 1.54) is 11.3 Å². The van der Waals surface area contributed by atoms with Crippen molar-refractivity contribution in [2.24, 2.45) is 5.41 Å². The number of carbonyl (C=O) groups is 1. The Balaban J connectivity index is 2.43. The summed E-state index contributed by atoms with van der Waals surface area (Å²) in [7, 11) is 0. The van der Waals surface area contributed by atoms with Crippen molar-refractivity contribution in [3.05, 3.63) is 22.4 Å². The lowest BCUT2D eigenvalue weighted by Gasteiger charge is -2.21. The summed E-state index contributed by atoms with van der Waals surface area (Å²) in [5, 5.41) is 6.59. The van der Waals surface area contributed by atoms with Gasteiger partial charge in [-0.3, -0.25) is 4.79 Å². The van der Waals surface area contributed by atoms with Gasteiger partial charge in [0.2, 0.25) is 0 Å². The Morgan fingerprint density at radius 1 is 1.64 bits per heavy atom. The largest absolute Gasteiger partial charge is 0.351 e. The van der Waals surface area contributed by atoms with Crippen LogP contribution < -0.4 is 5.32 Å². The molecule has 0 unspecified atom stereocenters. The number of amides is 1. The molecule has 1 aromatic rings. The van der Waals surface area contributed by atoms with E-state index in [0.29, 0.717) is 12.4 Å². The minimum atomic E-state index is -0.0484. The first-order valence-corrected chi connectivity index (χ1v) is 5.89. The maximum absolute atomic E-state index is 11.5. The molecule has 0 atom stereocenters. The second-order valence-corrected chi connectivity index (χ2v) is 5.04. The van der Waals surface area contributed by atoms with Crippen LogP contribution >= 0.6 is 22.9 Å². The average molecular weight is 232 g/mol. The molecule has 1 heterocycles. The molecule has 1 amide bonds. The van der Waals surface area contributed by atoms with E-state index in [1.54, 1.807) is 0 Å². The number of thiophene rings is 1. The Labute approximate surface area is 93.3 Å². The molecule has 0 aliphatic heterocycles. The van der Waals surface area contributed by atoms with E-state index in [0.717, 1.165) is 5.56 Å². The van der Waals surface area contributed by atoms with Gasteiger partial charge in [0.25, 0.3) is 5.91 Å². The van der Waals surface area contributed by atoms with Gasteiger partial charge in [-0.15, -0.1) is 11.6 Å². The van der Waals surface area contributed by atoms with Gasteiger partial charge in [0.15, 0.2) is 0 Å². The van der Waals surface area contributed by atoms with Crippen LogP contribution in [0.1, 0.15) is 24.2 Å². The molecule has 1 N–H and O–H groups in total. The van der Waals surface area contributed by atoms with Gasteiger partial charge in [-0.05, 0) is 16.9 Å². The number of hydrogen-bond donors (Lipinski definition) is 1. The Morgan fingerprint density at radius 3 is 2.86 bits per heavy atom. The number of carbonyl (C=O) groups excluding carboxylic acids is 1. The zero-order valence-electron chi connectivity index (χ0n) is 8.34. The molecule has 0 aromatic carbocycles. The predicted octanol–water partition coefficient (Wildman–Crippen LogP) is 2.74. The van der Waals surface area contributed by atoms with Crippen molar-refractivity contribution in [1.29, 1.82) is 0 Å². The molecule has 4 heteroatoms.